The maximum atomic E-state index is 11.7. The quantitative estimate of drug-likeness (QED) is 0.784. The van der Waals surface area contributed by atoms with E-state index in [-0.39, 0.29) is 0 Å². The van der Waals surface area contributed by atoms with Gasteiger partial charge in [-0.05, 0) is 47.1 Å². The van der Waals surface area contributed by atoms with Gasteiger partial charge in [0, 0.05) is 4.47 Å². The van der Waals surface area contributed by atoms with Crippen molar-refractivity contribution in [2.45, 2.75) is 6.92 Å². The van der Waals surface area contributed by atoms with E-state index in [1.54, 1.807) is 6.07 Å². The molecule has 0 spiro atoms. The first kappa shape index (κ1) is 12.9. The van der Waals surface area contributed by atoms with Crippen molar-refractivity contribution in [3.8, 4) is 5.69 Å². The van der Waals surface area contributed by atoms with Crippen LogP contribution in [-0.4, -0.2) is 15.5 Å². The molecular weight excluding hydrogens is 318 g/mol. The van der Waals surface area contributed by atoms with Gasteiger partial charge >= 0.3 is 0 Å². The van der Waals surface area contributed by atoms with E-state index in [1.807, 2.05) is 47.9 Å². The van der Waals surface area contributed by atoms with E-state index in [1.165, 1.54) is 0 Å². The number of nitrogens with zero attached hydrogens (tertiary/aromatic N) is 2. The lowest BCUT2D eigenvalue weighted by Gasteiger charge is -2.12. The molecule has 1 aromatic heterocycles. The normalized spacial score (nSPS) is 10.9. The average molecular weight is 330 g/mol. The highest BCUT2D eigenvalue weighted by atomic mass is 79.9. The number of aryl methyl sites for hydroxylation is 1. The molecule has 0 saturated heterocycles. The molecule has 3 rings (SSSR count). The van der Waals surface area contributed by atoms with Crippen LogP contribution in [0.25, 0.3) is 16.7 Å². The van der Waals surface area contributed by atoms with Crippen molar-refractivity contribution in [1.29, 1.82) is 0 Å². The summed E-state index contributed by atoms with van der Waals surface area (Å²) in [5, 5.41) is 0. The van der Waals surface area contributed by atoms with Crippen molar-refractivity contribution in [3.63, 3.8) is 0 Å². The zero-order chi connectivity index (χ0) is 14.3. The topological polar surface area (TPSA) is 60.9 Å². The number of hydrogen-bond donors (Lipinski definition) is 1. The van der Waals surface area contributed by atoms with Gasteiger partial charge < -0.3 is 5.73 Å². The van der Waals surface area contributed by atoms with Crippen molar-refractivity contribution in [3.05, 3.63) is 58.3 Å². The number of amides is 1. The molecular formula is C15H12BrN3O. The summed E-state index contributed by atoms with van der Waals surface area (Å²) in [6.45, 7) is 1.91. The molecule has 0 fully saturated rings. The number of hydrogen-bond acceptors (Lipinski definition) is 2. The molecule has 0 saturated carbocycles. The Kier molecular flexibility index (Phi) is 3.06. The number of fused-ring (bicyclic) bond motifs is 1. The number of imidazole rings is 1. The van der Waals surface area contributed by atoms with Crippen molar-refractivity contribution < 1.29 is 4.79 Å². The monoisotopic (exact) mass is 329 g/mol. The van der Waals surface area contributed by atoms with Gasteiger partial charge in [-0.1, -0.05) is 18.2 Å². The first-order valence-electron chi connectivity index (χ1n) is 6.12. The molecule has 0 radical (unpaired) electrons. The summed E-state index contributed by atoms with van der Waals surface area (Å²) in [5.74, 6) is 0.344. The number of rotatable bonds is 2. The Bertz CT molecular complexity index is 823. The molecule has 3 aromatic rings. The van der Waals surface area contributed by atoms with Crippen LogP contribution in [0.2, 0.25) is 0 Å². The Balaban J connectivity index is 2.40. The van der Waals surface area contributed by atoms with Crippen molar-refractivity contribution in [1.82, 2.24) is 9.55 Å². The standard InChI is InChI=1S/C15H12BrN3O/c1-9-18-11-6-2-3-7-12(11)19(9)13-8-4-5-10(16)14(13)15(17)20/h2-8H,1H3,(H2,17,20). The molecule has 0 atom stereocenters. The van der Waals surface area contributed by atoms with Crippen LogP contribution in [0.3, 0.4) is 0 Å². The van der Waals surface area contributed by atoms with Gasteiger partial charge in [0.1, 0.15) is 5.82 Å². The first-order chi connectivity index (χ1) is 9.59. The molecule has 4 nitrogen and oxygen atoms in total. The smallest absolute Gasteiger partial charge is 0.251 e. The summed E-state index contributed by atoms with van der Waals surface area (Å²) in [6.07, 6.45) is 0. The number of carbonyl (C=O) groups excluding carboxylic acids is 1. The van der Waals surface area contributed by atoms with Gasteiger partial charge in [-0.2, -0.15) is 0 Å². The number of nitrogens with two attached hydrogens (primary N) is 1. The summed E-state index contributed by atoms with van der Waals surface area (Å²) >= 11 is 3.39. The van der Waals surface area contributed by atoms with Crippen LogP contribution in [-0.2, 0) is 0 Å². The van der Waals surface area contributed by atoms with E-state index in [0.29, 0.717) is 10.0 Å². The predicted octanol–water partition coefficient (Wildman–Crippen LogP) is 3.20. The van der Waals surface area contributed by atoms with Gasteiger partial charge in [0.2, 0.25) is 0 Å². The van der Waals surface area contributed by atoms with E-state index in [4.69, 9.17) is 5.73 Å². The third-order valence-corrected chi connectivity index (χ3v) is 3.87. The first-order valence-corrected chi connectivity index (χ1v) is 6.91. The minimum Gasteiger partial charge on any atom is -0.365 e. The number of para-hydroxylation sites is 2. The zero-order valence-corrected chi connectivity index (χ0v) is 12.4. The summed E-state index contributed by atoms with van der Waals surface area (Å²) in [5.41, 5.74) is 8.54. The molecule has 1 heterocycles. The van der Waals surface area contributed by atoms with E-state index in [9.17, 15) is 4.79 Å². The molecule has 5 heteroatoms. The van der Waals surface area contributed by atoms with Crippen LogP contribution in [0.4, 0.5) is 0 Å². The molecule has 1 amide bonds. The number of primary amides is 1. The minimum absolute atomic E-state index is 0.457. The lowest BCUT2D eigenvalue weighted by atomic mass is 10.1. The fraction of sp³-hybridized carbons (Fsp3) is 0.0667. The molecule has 2 N–H and O–H groups in total. The van der Waals surface area contributed by atoms with Crippen LogP contribution >= 0.6 is 15.9 Å². The lowest BCUT2D eigenvalue weighted by Crippen LogP contribution is -2.16. The largest absolute Gasteiger partial charge is 0.365 e. The fourth-order valence-corrected chi connectivity index (χ4v) is 2.94. The second-order valence-corrected chi connectivity index (χ2v) is 5.34. The molecule has 0 bridgehead atoms. The summed E-state index contributed by atoms with van der Waals surface area (Å²) < 4.78 is 2.62. The van der Waals surface area contributed by atoms with Gasteiger partial charge in [-0.15, -0.1) is 0 Å². The van der Waals surface area contributed by atoms with E-state index >= 15 is 0 Å². The third kappa shape index (κ3) is 1.91. The number of carbonyl (C=O) groups is 1. The van der Waals surface area contributed by atoms with E-state index in [2.05, 4.69) is 20.9 Å². The highest BCUT2D eigenvalue weighted by Crippen LogP contribution is 2.27. The summed E-state index contributed by atoms with van der Waals surface area (Å²) in [6, 6.07) is 13.3. The Labute approximate surface area is 124 Å². The lowest BCUT2D eigenvalue weighted by molar-refractivity contribution is 0.0999. The summed E-state index contributed by atoms with van der Waals surface area (Å²) in [7, 11) is 0. The number of halogens is 1. The van der Waals surface area contributed by atoms with E-state index in [0.717, 1.165) is 22.5 Å². The van der Waals surface area contributed by atoms with Crippen molar-refractivity contribution in [2.24, 2.45) is 5.73 Å². The van der Waals surface area contributed by atoms with Gasteiger partial charge in [-0.25, -0.2) is 4.98 Å². The fourth-order valence-electron chi connectivity index (χ4n) is 2.39. The Morgan fingerprint density at radius 2 is 1.95 bits per heavy atom. The number of benzene rings is 2. The van der Waals surface area contributed by atoms with Crippen LogP contribution in [0.15, 0.2) is 46.9 Å². The maximum absolute atomic E-state index is 11.7. The molecule has 20 heavy (non-hydrogen) atoms. The molecule has 0 unspecified atom stereocenters. The van der Waals surface area contributed by atoms with Gasteiger partial charge in [-0.3, -0.25) is 9.36 Å². The molecule has 100 valence electrons. The van der Waals surface area contributed by atoms with Gasteiger partial charge in [0.25, 0.3) is 5.91 Å². The van der Waals surface area contributed by atoms with Crippen LogP contribution < -0.4 is 5.73 Å². The minimum atomic E-state index is -0.468. The van der Waals surface area contributed by atoms with Crippen LogP contribution in [0, 0.1) is 6.92 Å². The Morgan fingerprint density at radius 3 is 2.70 bits per heavy atom. The Hall–Kier alpha value is -2.14. The number of aromatic nitrogens is 2. The summed E-state index contributed by atoms with van der Waals surface area (Å²) in [4.78, 5) is 16.3. The van der Waals surface area contributed by atoms with Gasteiger partial charge in [0.05, 0.1) is 22.3 Å². The van der Waals surface area contributed by atoms with Crippen LogP contribution in [0.5, 0.6) is 0 Å². The average Bonchev–Trinajstić information content (AvgIpc) is 2.73. The molecule has 2 aromatic carbocycles. The second kappa shape index (κ2) is 4.76. The SMILES string of the molecule is Cc1nc2ccccc2n1-c1cccc(Br)c1C(N)=O. The maximum Gasteiger partial charge on any atom is 0.251 e. The zero-order valence-electron chi connectivity index (χ0n) is 10.8. The van der Waals surface area contributed by atoms with Crippen molar-refractivity contribution >= 4 is 32.9 Å². The highest BCUT2D eigenvalue weighted by molar-refractivity contribution is 9.10. The van der Waals surface area contributed by atoms with Gasteiger partial charge in [0.15, 0.2) is 0 Å². The molecule has 0 aliphatic carbocycles. The Morgan fingerprint density at radius 1 is 1.20 bits per heavy atom. The highest BCUT2D eigenvalue weighted by Gasteiger charge is 2.17. The van der Waals surface area contributed by atoms with E-state index < -0.39 is 5.91 Å². The molecule has 0 aliphatic heterocycles. The third-order valence-electron chi connectivity index (χ3n) is 3.21. The second-order valence-electron chi connectivity index (χ2n) is 4.48. The molecule has 0 aliphatic rings. The van der Waals surface area contributed by atoms with Crippen LogP contribution in [0.1, 0.15) is 16.2 Å². The predicted molar refractivity (Wildman–Crippen MR) is 82.0 cm³/mol. The van der Waals surface area contributed by atoms with Crippen molar-refractivity contribution in [2.75, 3.05) is 0 Å².